The van der Waals surface area contributed by atoms with Crippen molar-refractivity contribution >= 4 is 5.69 Å². The quantitative estimate of drug-likeness (QED) is 0.759. The van der Waals surface area contributed by atoms with Gasteiger partial charge in [0, 0.05) is 19.3 Å². The maximum Gasteiger partial charge on any atom is 0.0770 e. The molecule has 0 atom stereocenters. The Labute approximate surface area is 84.7 Å². The van der Waals surface area contributed by atoms with Crippen LogP contribution in [0.4, 0.5) is 5.69 Å². The molecule has 3 nitrogen and oxygen atoms in total. The van der Waals surface area contributed by atoms with Crippen molar-refractivity contribution in [2.45, 2.75) is 26.3 Å². The molecule has 2 rings (SSSR count). The molecule has 3 heteroatoms. The van der Waals surface area contributed by atoms with Crippen LogP contribution in [0.3, 0.4) is 0 Å². The fraction of sp³-hybridized carbons (Fsp3) is 0.545. The van der Waals surface area contributed by atoms with Gasteiger partial charge in [0.2, 0.25) is 0 Å². The number of aromatic nitrogens is 1. The summed E-state index contributed by atoms with van der Waals surface area (Å²) in [5, 5.41) is 3.40. The predicted octanol–water partition coefficient (Wildman–Crippen LogP) is 1.55. The van der Waals surface area contributed by atoms with Crippen molar-refractivity contribution in [3.63, 3.8) is 0 Å². The van der Waals surface area contributed by atoms with Crippen LogP contribution < -0.4 is 11.1 Å². The number of nitrogens with one attached hydrogen (secondary N) is 1. The molecule has 0 amide bonds. The van der Waals surface area contributed by atoms with Crippen LogP contribution in [0.25, 0.3) is 0 Å². The summed E-state index contributed by atoms with van der Waals surface area (Å²) in [6.07, 6.45) is 4.47. The van der Waals surface area contributed by atoms with Gasteiger partial charge in [-0.05, 0) is 30.4 Å². The van der Waals surface area contributed by atoms with Crippen LogP contribution in [-0.4, -0.2) is 11.5 Å². The van der Waals surface area contributed by atoms with Crippen LogP contribution in [0.2, 0.25) is 0 Å². The molecular weight excluding hydrogens is 174 g/mol. The molecule has 0 radical (unpaired) electrons. The van der Waals surface area contributed by atoms with E-state index in [1.807, 2.05) is 12.1 Å². The second kappa shape index (κ2) is 3.58. The van der Waals surface area contributed by atoms with E-state index >= 15 is 0 Å². The minimum atomic E-state index is 0.545. The molecule has 1 aliphatic carbocycles. The predicted molar refractivity (Wildman–Crippen MR) is 57.7 cm³/mol. The van der Waals surface area contributed by atoms with E-state index in [-0.39, 0.29) is 0 Å². The van der Waals surface area contributed by atoms with Gasteiger partial charge in [-0.25, -0.2) is 0 Å². The molecule has 1 heterocycles. The lowest BCUT2D eigenvalue weighted by atomic mass is 10.1. The number of rotatable bonds is 4. The number of nitrogens with zero attached hydrogens (tertiary/aromatic N) is 1. The van der Waals surface area contributed by atoms with Gasteiger partial charge in [-0.15, -0.1) is 0 Å². The number of hydrogen-bond donors (Lipinski definition) is 2. The average molecular weight is 191 g/mol. The number of hydrogen-bond acceptors (Lipinski definition) is 3. The van der Waals surface area contributed by atoms with E-state index in [0.29, 0.717) is 5.41 Å². The van der Waals surface area contributed by atoms with Gasteiger partial charge in [-0.1, -0.05) is 6.92 Å². The van der Waals surface area contributed by atoms with Gasteiger partial charge in [0.15, 0.2) is 0 Å². The molecule has 1 saturated carbocycles. The highest BCUT2D eigenvalue weighted by atomic mass is 14.9. The second-order valence-corrected chi connectivity index (χ2v) is 4.45. The molecule has 1 aromatic rings. The van der Waals surface area contributed by atoms with Crippen LogP contribution in [0.5, 0.6) is 0 Å². The van der Waals surface area contributed by atoms with Gasteiger partial charge in [0.25, 0.3) is 0 Å². The molecule has 14 heavy (non-hydrogen) atoms. The maximum atomic E-state index is 5.78. The minimum absolute atomic E-state index is 0.545. The Morgan fingerprint density at radius 3 is 3.00 bits per heavy atom. The topological polar surface area (TPSA) is 50.9 Å². The summed E-state index contributed by atoms with van der Waals surface area (Å²) >= 11 is 0. The number of nitrogens with two attached hydrogens (primary N) is 1. The molecule has 0 aromatic carbocycles. The van der Waals surface area contributed by atoms with Crippen molar-refractivity contribution in [2.75, 3.05) is 12.3 Å². The number of anilines is 1. The Morgan fingerprint density at radius 1 is 1.57 bits per heavy atom. The normalized spacial score (nSPS) is 18.1. The SMILES string of the molecule is CC1(CNCc2ncccc2N)CC1. The van der Waals surface area contributed by atoms with E-state index in [1.165, 1.54) is 12.8 Å². The lowest BCUT2D eigenvalue weighted by Gasteiger charge is -2.10. The Hall–Kier alpha value is -1.09. The summed E-state index contributed by atoms with van der Waals surface area (Å²) in [6.45, 7) is 4.16. The fourth-order valence-corrected chi connectivity index (χ4v) is 1.47. The van der Waals surface area contributed by atoms with Crippen molar-refractivity contribution in [3.8, 4) is 0 Å². The van der Waals surface area contributed by atoms with E-state index < -0.39 is 0 Å². The molecule has 76 valence electrons. The molecular formula is C11H17N3. The zero-order valence-corrected chi connectivity index (χ0v) is 8.59. The highest BCUT2D eigenvalue weighted by molar-refractivity contribution is 5.41. The van der Waals surface area contributed by atoms with Gasteiger partial charge in [0.05, 0.1) is 11.4 Å². The molecule has 0 bridgehead atoms. The van der Waals surface area contributed by atoms with E-state index in [4.69, 9.17) is 5.73 Å². The van der Waals surface area contributed by atoms with Crippen molar-refractivity contribution < 1.29 is 0 Å². The maximum absolute atomic E-state index is 5.78. The smallest absolute Gasteiger partial charge is 0.0770 e. The summed E-state index contributed by atoms with van der Waals surface area (Å²) in [6, 6.07) is 3.75. The Balaban J connectivity index is 1.83. The van der Waals surface area contributed by atoms with E-state index in [9.17, 15) is 0 Å². The number of nitrogen functional groups attached to an aromatic ring is 1. The van der Waals surface area contributed by atoms with Crippen molar-refractivity contribution in [1.29, 1.82) is 0 Å². The van der Waals surface area contributed by atoms with E-state index in [2.05, 4.69) is 17.2 Å². The third-order valence-corrected chi connectivity index (χ3v) is 2.87. The molecule has 0 aliphatic heterocycles. The lowest BCUT2D eigenvalue weighted by molar-refractivity contribution is 0.497. The number of pyridine rings is 1. The molecule has 3 N–H and O–H groups in total. The third-order valence-electron chi connectivity index (χ3n) is 2.87. The van der Waals surface area contributed by atoms with Crippen molar-refractivity contribution in [1.82, 2.24) is 10.3 Å². The molecule has 1 fully saturated rings. The Morgan fingerprint density at radius 2 is 2.36 bits per heavy atom. The monoisotopic (exact) mass is 191 g/mol. The van der Waals surface area contributed by atoms with E-state index in [0.717, 1.165) is 24.5 Å². The zero-order valence-electron chi connectivity index (χ0n) is 8.59. The first-order valence-electron chi connectivity index (χ1n) is 5.10. The summed E-state index contributed by atoms with van der Waals surface area (Å²) in [5.74, 6) is 0. The van der Waals surface area contributed by atoms with Gasteiger partial charge < -0.3 is 11.1 Å². The Kier molecular flexibility index (Phi) is 2.42. The van der Waals surface area contributed by atoms with Crippen LogP contribution >= 0.6 is 0 Å². The molecule has 1 aromatic heterocycles. The summed E-state index contributed by atoms with van der Waals surface area (Å²) < 4.78 is 0. The lowest BCUT2D eigenvalue weighted by Crippen LogP contribution is -2.22. The van der Waals surface area contributed by atoms with Crippen LogP contribution in [0.15, 0.2) is 18.3 Å². The summed E-state index contributed by atoms with van der Waals surface area (Å²) in [7, 11) is 0. The fourth-order valence-electron chi connectivity index (χ4n) is 1.47. The zero-order chi connectivity index (χ0) is 10.0. The molecule has 0 spiro atoms. The van der Waals surface area contributed by atoms with Gasteiger partial charge in [-0.3, -0.25) is 4.98 Å². The van der Waals surface area contributed by atoms with Crippen LogP contribution in [0, 0.1) is 5.41 Å². The van der Waals surface area contributed by atoms with Crippen LogP contribution in [0.1, 0.15) is 25.5 Å². The van der Waals surface area contributed by atoms with Crippen LogP contribution in [-0.2, 0) is 6.54 Å². The van der Waals surface area contributed by atoms with Crippen molar-refractivity contribution in [2.24, 2.45) is 5.41 Å². The molecule has 0 unspecified atom stereocenters. The first kappa shape index (κ1) is 9.46. The first-order valence-corrected chi connectivity index (χ1v) is 5.10. The third kappa shape index (κ3) is 2.23. The average Bonchev–Trinajstić information content (AvgIpc) is 2.88. The standard InChI is InChI=1S/C11H17N3/c1-11(4-5-11)8-13-7-10-9(12)3-2-6-14-10/h2-3,6,13H,4-5,7-8,12H2,1H3. The summed E-state index contributed by atoms with van der Waals surface area (Å²) in [4.78, 5) is 4.23. The molecule has 1 aliphatic rings. The van der Waals surface area contributed by atoms with E-state index in [1.54, 1.807) is 6.20 Å². The highest BCUT2D eigenvalue weighted by Crippen LogP contribution is 2.44. The van der Waals surface area contributed by atoms with Gasteiger partial charge >= 0.3 is 0 Å². The largest absolute Gasteiger partial charge is 0.397 e. The Bertz CT molecular complexity index is 318. The summed E-state index contributed by atoms with van der Waals surface area (Å²) in [5.41, 5.74) is 8.06. The highest BCUT2D eigenvalue weighted by Gasteiger charge is 2.36. The molecule has 0 saturated heterocycles. The second-order valence-electron chi connectivity index (χ2n) is 4.45. The van der Waals surface area contributed by atoms with Gasteiger partial charge in [-0.2, -0.15) is 0 Å². The minimum Gasteiger partial charge on any atom is -0.397 e. The first-order chi connectivity index (χ1) is 6.70. The van der Waals surface area contributed by atoms with Crippen molar-refractivity contribution in [3.05, 3.63) is 24.0 Å². The van der Waals surface area contributed by atoms with Gasteiger partial charge in [0.1, 0.15) is 0 Å².